The first-order valence-electron chi connectivity index (χ1n) is 10.5. The Morgan fingerprint density at radius 2 is 1.84 bits per heavy atom. The van der Waals surface area contributed by atoms with Gasteiger partial charge in [-0.1, -0.05) is 70.5 Å². The van der Waals surface area contributed by atoms with E-state index in [0.29, 0.717) is 27.0 Å². The average Bonchev–Trinajstić information content (AvgIpc) is 3.12. The van der Waals surface area contributed by atoms with Crippen molar-refractivity contribution in [3.8, 4) is 16.9 Å². The van der Waals surface area contributed by atoms with E-state index in [1.165, 1.54) is 6.42 Å². The van der Waals surface area contributed by atoms with Gasteiger partial charge in [0.2, 0.25) is 0 Å². The molecule has 9 heteroatoms. The lowest BCUT2D eigenvalue weighted by Gasteiger charge is -2.22. The standard InChI is InChI=1S/C23H23BrCl2N4O2/c24-15-8-6-14(7-9-15)21-18(13-31)22(28-23(32)27-17-4-2-1-3-5-17)29-30(21)20-11-10-16(25)12-19(20)26/h6-12,17,31H,1-5,13H2,(H2,27,28,29,32). The Morgan fingerprint density at radius 1 is 1.12 bits per heavy atom. The number of carbonyl (C=O) groups is 1. The molecule has 0 bridgehead atoms. The van der Waals surface area contributed by atoms with E-state index in [1.807, 2.05) is 24.3 Å². The van der Waals surface area contributed by atoms with E-state index in [2.05, 4.69) is 31.7 Å². The molecule has 2 aromatic carbocycles. The van der Waals surface area contributed by atoms with Gasteiger partial charge in [0.1, 0.15) is 0 Å². The lowest BCUT2D eigenvalue weighted by atomic mass is 9.96. The van der Waals surface area contributed by atoms with E-state index in [1.54, 1.807) is 22.9 Å². The van der Waals surface area contributed by atoms with Crippen LogP contribution in [0.4, 0.5) is 10.6 Å². The van der Waals surface area contributed by atoms with Crippen LogP contribution in [0.3, 0.4) is 0 Å². The molecule has 3 N–H and O–H groups in total. The zero-order valence-electron chi connectivity index (χ0n) is 17.2. The van der Waals surface area contributed by atoms with Crippen LogP contribution in [0.15, 0.2) is 46.9 Å². The lowest BCUT2D eigenvalue weighted by molar-refractivity contribution is 0.244. The third kappa shape index (κ3) is 5.12. The first-order valence-corrected chi connectivity index (χ1v) is 12.0. The van der Waals surface area contributed by atoms with E-state index in [-0.39, 0.29) is 24.5 Å². The van der Waals surface area contributed by atoms with E-state index < -0.39 is 0 Å². The summed E-state index contributed by atoms with van der Waals surface area (Å²) in [4.78, 5) is 12.7. The van der Waals surface area contributed by atoms with E-state index >= 15 is 0 Å². The fourth-order valence-electron chi connectivity index (χ4n) is 4.01. The number of aliphatic hydroxyl groups is 1. The summed E-state index contributed by atoms with van der Waals surface area (Å²) in [5.41, 5.74) is 2.54. The molecule has 0 spiro atoms. The molecule has 1 heterocycles. The number of urea groups is 1. The molecule has 1 aromatic heterocycles. The van der Waals surface area contributed by atoms with Gasteiger partial charge < -0.3 is 10.4 Å². The third-order valence-electron chi connectivity index (χ3n) is 5.57. The SMILES string of the molecule is O=C(Nc1nn(-c2ccc(Cl)cc2Cl)c(-c2ccc(Br)cc2)c1CO)NC1CCCCC1. The van der Waals surface area contributed by atoms with Crippen LogP contribution in [-0.2, 0) is 6.61 Å². The van der Waals surface area contributed by atoms with Gasteiger partial charge in [-0.25, -0.2) is 9.48 Å². The predicted molar refractivity (Wildman–Crippen MR) is 132 cm³/mol. The maximum absolute atomic E-state index is 12.7. The summed E-state index contributed by atoms with van der Waals surface area (Å²) in [7, 11) is 0. The fourth-order valence-corrected chi connectivity index (χ4v) is 4.76. The van der Waals surface area contributed by atoms with Gasteiger partial charge in [-0.05, 0) is 43.2 Å². The molecule has 6 nitrogen and oxygen atoms in total. The molecule has 0 radical (unpaired) electrons. The second-order valence-electron chi connectivity index (χ2n) is 7.78. The zero-order valence-corrected chi connectivity index (χ0v) is 20.3. The maximum Gasteiger partial charge on any atom is 0.320 e. The molecular formula is C23H23BrCl2N4O2. The third-order valence-corrected chi connectivity index (χ3v) is 6.64. The van der Waals surface area contributed by atoms with Crippen LogP contribution < -0.4 is 10.6 Å². The number of hydrogen-bond acceptors (Lipinski definition) is 3. The number of rotatable bonds is 5. The number of amides is 2. The van der Waals surface area contributed by atoms with Crippen molar-refractivity contribution in [1.29, 1.82) is 0 Å². The summed E-state index contributed by atoms with van der Waals surface area (Å²) < 4.78 is 2.55. The lowest BCUT2D eigenvalue weighted by Crippen LogP contribution is -2.39. The van der Waals surface area contributed by atoms with Gasteiger partial charge in [-0.3, -0.25) is 5.32 Å². The Bertz CT molecular complexity index is 1110. The van der Waals surface area contributed by atoms with Crippen molar-refractivity contribution in [1.82, 2.24) is 15.1 Å². The normalized spacial score (nSPS) is 14.4. The average molecular weight is 538 g/mol. The minimum atomic E-state index is -0.333. The summed E-state index contributed by atoms with van der Waals surface area (Å²) in [6.07, 6.45) is 5.38. The topological polar surface area (TPSA) is 79.2 Å². The highest BCUT2D eigenvalue weighted by Gasteiger charge is 2.24. The smallest absolute Gasteiger partial charge is 0.320 e. The molecule has 168 valence electrons. The Hall–Kier alpha value is -2.06. The second-order valence-corrected chi connectivity index (χ2v) is 9.54. The van der Waals surface area contributed by atoms with Crippen LogP contribution in [0, 0.1) is 0 Å². The number of anilines is 1. The molecule has 1 fully saturated rings. The largest absolute Gasteiger partial charge is 0.391 e. The Balaban J connectivity index is 1.75. The van der Waals surface area contributed by atoms with E-state index in [0.717, 1.165) is 35.7 Å². The number of nitrogens with zero attached hydrogens (tertiary/aromatic N) is 2. The van der Waals surface area contributed by atoms with Crippen molar-refractivity contribution in [3.05, 3.63) is 62.5 Å². The van der Waals surface area contributed by atoms with Crippen molar-refractivity contribution in [2.24, 2.45) is 0 Å². The van der Waals surface area contributed by atoms with E-state index in [4.69, 9.17) is 23.2 Å². The molecule has 3 aromatic rings. The number of halogens is 3. The van der Waals surface area contributed by atoms with Gasteiger partial charge >= 0.3 is 6.03 Å². The number of nitrogens with one attached hydrogen (secondary N) is 2. The van der Waals surface area contributed by atoms with Crippen LogP contribution >= 0.6 is 39.1 Å². The molecule has 1 aliphatic carbocycles. The summed E-state index contributed by atoms with van der Waals surface area (Å²) in [5.74, 6) is 0.282. The summed E-state index contributed by atoms with van der Waals surface area (Å²) in [5, 5.41) is 21.6. The molecule has 32 heavy (non-hydrogen) atoms. The molecule has 0 unspecified atom stereocenters. The van der Waals surface area contributed by atoms with Crippen molar-refractivity contribution >= 4 is 51.0 Å². The van der Waals surface area contributed by atoms with Crippen LogP contribution in [0.2, 0.25) is 10.0 Å². The molecule has 1 saturated carbocycles. The second kappa shape index (κ2) is 10.3. The van der Waals surface area contributed by atoms with Gasteiger partial charge in [0.05, 0.1) is 23.0 Å². The Morgan fingerprint density at radius 3 is 2.50 bits per heavy atom. The number of aromatic nitrogens is 2. The molecule has 0 saturated heterocycles. The molecule has 2 amide bonds. The quantitative estimate of drug-likeness (QED) is 0.345. The Kier molecular flexibility index (Phi) is 7.40. The van der Waals surface area contributed by atoms with Crippen LogP contribution in [0.1, 0.15) is 37.7 Å². The maximum atomic E-state index is 12.7. The molecule has 1 aliphatic rings. The number of carbonyl (C=O) groups excluding carboxylic acids is 1. The van der Waals surface area contributed by atoms with Gasteiger partial charge in [0, 0.05) is 26.7 Å². The predicted octanol–water partition coefficient (Wildman–Crippen LogP) is 6.56. The van der Waals surface area contributed by atoms with Crippen LogP contribution in [-0.4, -0.2) is 27.0 Å². The highest BCUT2D eigenvalue weighted by molar-refractivity contribution is 9.10. The minimum absolute atomic E-state index is 0.153. The van der Waals surface area contributed by atoms with Gasteiger partial charge in [0.25, 0.3) is 0 Å². The first kappa shape index (κ1) is 23.1. The first-order chi connectivity index (χ1) is 15.5. The molecule has 4 rings (SSSR count). The summed E-state index contributed by atoms with van der Waals surface area (Å²) >= 11 is 16.0. The highest BCUT2D eigenvalue weighted by atomic mass is 79.9. The van der Waals surface area contributed by atoms with Crippen molar-refractivity contribution in [2.45, 2.75) is 44.8 Å². The highest BCUT2D eigenvalue weighted by Crippen LogP contribution is 2.35. The minimum Gasteiger partial charge on any atom is -0.391 e. The van der Waals surface area contributed by atoms with E-state index in [9.17, 15) is 9.90 Å². The monoisotopic (exact) mass is 536 g/mol. The molecule has 0 aliphatic heterocycles. The van der Waals surface area contributed by atoms with Crippen molar-refractivity contribution in [3.63, 3.8) is 0 Å². The number of aliphatic hydroxyl groups excluding tert-OH is 1. The van der Waals surface area contributed by atoms with Crippen LogP contribution in [0.5, 0.6) is 0 Å². The number of hydrogen-bond donors (Lipinski definition) is 3. The summed E-state index contributed by atoms with van der Waals surface area (Å²) in [6, 6.07) is 12.6. The van der Waals surface area contributed by atoms with Gasteiger partial charge in [0.15, 0.2) is 5.82 Å². The fraction of sp³-hybridized carbons (Fsp3) is 0.304. The van der Waals surface area contributed by atoms with Gasteiger partial charge in [-0.2, -0.15) is 0 Å². The molecular weight excluding hydrogens is 515 g/mol. The Labute approximate surface area is 205 Å². The van der Waals surface area contributed by atoms with Crippen molar-refractivity contribution in [2.75, 3.05) is 5.32 Å². The molecule has 0 atom stereocenters. The summed E-state index contributed by atoms with van der Waals surface area (Å²) in [6.45, 7) is -0.310. The van der Waals surface area contributed by atoms with Crippen molar-refractivity contribution < 1.29 is 9.90 Å². The van der Waals surface area contributed by atoms with Crippen LogP contribution in [0.25, 0.3) is 16.9 Å². The zero-order chi connectivity index (χ0) is 22.7. The number of benzene rings is 2. The van der Waals surface area contributed by atoms with Gasteiger partial charge in [-0.15, -0.1) is 5.10 Å².